The molecule has 0 radical (unpaired) electrons. The quantitative estimate of drug-likeness (QED) is 0.643. The van der Waals surface area contributed by atoms with Crippen molar-refractivity contribution in [1.29, 1.82) is 0 Å². The molecule has 0 saturated carbocycles. The Morgan fingerprint density at radius 3 is 2.83 bits per heavy atom. The third kappa shape index (κ3) is 2.73. The van der Waals surface area contributed by atoms with E-state index in [1.54, 1.807) is 0 Å². The zero-order valence-electron chi connectivity index (χ0n) is 8.05. The molecular formula is C9H20N2O. The van der Waals surface area contributed by atoms with Crippen LogP contribution in [-0.2, 0) is 4.74 Å². The average Bonchev–Trinajstić information content (AvgIpc) is 2.47. The van der Waals surface area contributed by atoms with Gasteiger partial charge in [0.1, 0.15) is 0 Å². The lowest BCUT2D eigenvalue weighted by Gasteiger charge is -2.17. The highest BCUT2D eigenvalue weighted by Crippen LogP contribution is 2.10. The van der Waals surface area contributed by atoms with Crippen molar-refractivity contribution in [3.63, 3.8) is 0 Å². The molecule has 3 N–H and O–H groups in total. The van der Waals surface area contributed by atoms with Gasteiger partial charge in [0.05, 0.1) is 13.2 Å². The minimum absolute atomic E-state index is 0.238. The lowest BCUT2D eigenvalue weighted by molar-refractivity contribution is 0.183. The van der Waals surface area contributed by atoms with Crippen molar-refractivity contribution >= 4 is 0 Å². The van der Waals surface area contributed by atoms with Crippen LogP contribution in [0.4, 0.5) is 0 Å². The molecule has 0 amide bonds. The van der Waals surface area contributed by atoms with Crippen molar-refractivity contribution in [2.24, 2.45) is 11.7 Å². The summed E-state index contributed by atoms with van der Waals surface area (Å²) in [6, 6.07) is 0.833. The molecule has 1 aliphatic heterocycles. The zero-order valence-corrected chi connectivity index (χ0v) is 8.05. The highest BCUT2D eigenvalue weighted by molar-refractivity contribution is 4.80. The van der Waals surface area contributed by atoms with Gasteiger partial charge in [-0.05, 0) is 13.3 Å². The second-order valence-corrected chi connectivity index (χ2v) is 3.68. The molecule has 0 bridgehead atoms. The maximum absolute atomic E-state index is 5.84. The molecule has 1 aliphatic rings. The predicted molar refractivity (Wildman–Crippen MR) is 50.0 cm³/mol. The summed E-state index contributed by atoms with van der Waals surface area (Å²) in [5.74, 6) is 0.513. The molecule has 1 rings (SSSR count). The van der Waals surface area contributed by atoms with Gasteiger partial charge in [-0.15, -0.1) is 0 Å². The first-order valence-electron chi connectivity index (χ1n) is 4.80. The van der Waals surface area contributed by atoms with E-state index >= 15 is 0 Å². The molecule has 3 heteroatoms. The van der Waals surface area contributed by atoms with E-state index in [9.17, 15) is 0 Å². The molecule has 0 aromatic heterocycles. The smallest absolute Gasteiger partial charge is 0.0621 e. The summed E-state index contributed by atoms with van der Waals surface area (Å²) in [5.41, 5.74) is 5.84. The van der Waals surface area contributed by atoms with E-state index in [1.807, 2.05) is 0 Å². The molecule has 0 aromatic rings. The van der Waals surface area contributed by atoms with Crippen molar-refractivity contribution in [2.75, 3.05) is 19.8 Å². The molecule has 72 valence electrons. The van der Waals surface area contributed by atoms with Crippen LogP contribution in [0.5, 0.6) is 0 Å². The number of hydrogen-bond acceptors (Lipinski definition) is 3. The molecule has 3 unspecified atom stereocenters. The fourth-order valence-electron chi connectivity index (χ4n) is 1.32. The van der Waals surface area contributed by atoms with Gasteiger partial charge < -0.3 is 15.8 Å². The minimum atomic E-state index is 0.238. The van der Waals surface area contributed by atoms with Crippen molar-refractivity contribution in [1.82, 2.24) is 5.32 Å². The molecule has 0 aromatic carbocycles. The van der Waals surface area contributed by atoms with Crippen LogP contribution in [0.2, 0.25) is 0 Å². The van der Waals surface area contributed by atoms with E-state index in [1.165, 1.54) is 6.42 Å². The minimum Gasteiger partial charge on any atom is -0.379 e. The number of ether oxygens (including phenoxy) is 1. The summed E-state index contributed by atoms with van der Waals surface area (Å²) < 4.78 is 5.27. The van der Waals surface area contributed by atoms with Gasteiger partial charge in [0.2, 0.25) is 0 Å². The van der Waals surface area contributed by atoms with Crippen LogP contribution < -0.4 is 11.1 Å². The fourth-order valence-corrected chi connectivity index (χ4v) is 1.32. The summed E-state index contributed by atoms with van der Waals surface area (Å²) >= 11 is 0. The first-order chi connectivity index (χ1) is 5.74. The molecule has 0 aliphatic carbocycles. The van der Waals surface area contributed by atoms with Gasteiger partial charge in [-0.3, -0.25) is 0 Å². The highest BCUT2D eigenvalue weighted by atomic mass is 16.5. The van der Waals surface area contributed by atoms with Crippen molar-refractivity contribution < 1.29 is 4.74 Å². The standard InChI is InChI=1S/C9H20N2O/c1-3-7(2)11-4-8-5-12-6-9(8)10/h7-9,11H,3-6,10H2,1-2H3. The van der Waals surface area contributed by atoms with Crippen LogP contribution in [0.15, 0.2) is 0 Å². The van der Waals surface area contributed by atoms with Gasteiger partial charge in [0.15, 0.2) is 0 Å². The van der Waals surface area contributed by atoms with Crippen LogP contribution in [-0.4, -0.2) is 31.8 Å². The van der Waals surface area contributed by atoms with Crippen LogP contribution in [0.1, 0.15) is 20.3 Å². The van der Waals surface area contributed by atoms with Crippen LogP contribution >= 0.6 is 0 Å². The average molecular weight is 172 g/mol. The monoisotopic (exact) mass is 172 g/mol. The van der Waals surface area contributed by atoms with Crippen molar-refractivity contribution in [2.45, 2.75) is 32.4 Å². The Bertz CT molecular complexity index is 130. The number of rotatable bonds is 4. The zero-order chi connectivity index (χ0) is 8.97. The normalized spacial score (nSPS) is 32.2. The summed E-state index contributed by atoms with van der Waals surface area (Å²) in [4.78, 5) is 0. The van der Waals surface area contributed by atoms with E-state index < -0.39 is 0 Å². The van der Waals surface area contributed by atoms with Gasteiger partial charge in [-0.2, -0.15) is 0 Å². The molecular weight excluding hydrogens is 152 g/mol. The Kier molecular flexibility index (Phi) is 3.98. The molecule has 12 heavy (non-hydrogen) atoms. The number of nitrogens with two attached hydrogens (primary N) is 1. The molecule has 0 spiro atoms. The summed E-state index contributed by atoms with van der Waals surface area (Å²) in [5, 5.41) is 3.44. The van der Waals surface area contributed by atoms with Gasteiger partial charge in [-0.25, -0.2) is 0 Å². The van der Waals surface area contributed by atoms with E-state index in [-0.39, 0.29) is 6.04 Å². The number of hydrogen-bond donors (Lipinski definition) is 2. The third-order valence-electron chi connectivity index (χ3n) is 2.59. The second kappa shape index (κ2) is 4.80. The maximum Gasteiger partial charge on any atom is 0.0621 e. The van der Waals surface area contributed by atoms with Gasteiger partial charge in [-0.1, -0.05) is 6.92 Å². The topological polar surface area (TPSA) is 47.3 Å². The Balaban J connectivity index is 2.13. The van der Waals surface area contributed by atoms with E-state index in [2.05, 4.69) is 19.2 Å². The molecule has 1 fully saturated rings. The molecule has 3 atom stereocenters. The maximum atomic E-state index is 5.84. The van der Waals surface area contributed by atoms with Crippen molar-refractivity contribution in [3.05, 3.63) is 0 Å². The first-order valence-corrected chi connectivity index (χ1v) is 4.80. The molecule has 1 heterocycles. The van der Waals surface area contributed by atoms with Gasteiger partial charge in [0, 0.05) is 24.5 Å². The second-order valence-electron chi connectivity index (χ2n) is 3.68. The largest absolute Gasteiger partial charge is 0.379 e. The Hall–Kier alpha value is -0.120. The first kappa shape index (κ1) is 9.96. The van der Waals surface area contributed by atoms with E-state index in [0.717, 1.165) is 19.8 Å². The third-order valence-corrected chi connectivity index (χ3v) is 2.59. The fraction of sp³-hybridized carbons (Fsp3) is 1.00. The van der Waals surface area contributed by atoms with Crippen LogP contribution in [0.3, 0.4) is 0 Å². The Morgan fingerprint density at radius 1 is 1.58 bits per heavy atom. The van der Waals surface area contributed by atoms with E-state index in [0.29, 0.717) is 12.0 Å². The SMILES string of the molecule is CCC(C)NCC1COCC1N. The lowest BCUT2D eigenvalue weighted by Crippen LogP contribution is -2.38. The molecule has 1 saturated heterocycles. The highest BCUT2D eigenvalue weighted by Gasteiger charge is 2.24. The van der Waals surface area contributed by atoms with Crippen LogP contribution in [0, 0.1) is 5.92 Å². The summed E-state index contributed by atoms with van der Waals surface area (Å²) in [7, 11) is 0. The van der Waals surface area contributed by atoms with Gasteiger partial charge >= 0.3 is 0 Å². The molecule has 3 nitrogen and oxygen atoms in total. The van der Waals surface area contributed by atoms with E-state index in [4.69, 9.17) is 10.5 Å². The van der Waals surface area contributed by atoms with Crippen LogP contribution in [0.25, 0.3) is 0 Å². The summed E-state index contributed by atoms with van der Waals surface area (Å²) in [6.07, 6.45) is 1.17. The lowest BCUT2D eigenvalue weighted by atomic mass is 10.0. The van der Waals surface area contributed by atoms with Gasteiger partial charge in [0.25, 0.3) is 0 Å². The predicted octanol–water partition coefficient (Wildman–Crippen LogP) is 0.348. The van der Waals surface area contributed by atoms with Crippen molar-refractivity contribution in [3.8, 4) is 0 Å². The summed E-state index contributed by atoms with van der Waals surface area (Å²) in [6.45, 7) is 6.93. The Morgan fingerprint density at radius 2 is 2.33 bits per heavy atom. The number of nitrogens with one attached hydrogen (secondary N) is 1. The Labute approximate surface area is 74.7 Å².